The van der Waals surface area contributed by atoms with Crippen molar-refractivity contribution in [3.05, 3.63) is 77.9 Å². The van der Waals surface area contributed by atoms with Gasteiger partial charge in [-0.2, -0.15) is 0 Å². The predicted molar refractivity (Wildman–Crippen MR) is 104 cm³/mol. The van der Waals surface area contributed by atoms with E-state index >= 15 is 0 Å². The average Bonchev–Trinajstić information content (AvgIpc) is 2.88. The molecule has 124 valence electrons. The largest absolute Gasteiger partial charge is 0.0805 e. The number of hydrogen-bond acceptors (Lipinski definition) is 0. The molecule has 0 aromatic heterocycles. The lowest BCUT2D eigenvalue weighted by molar-refractivity contribution is 0.416. The fourth-order valence-corrected chi connectivity index (χ4v) is 4.93. The molecule has 1 aromatic rings. The molecule has 4 rings (SSSR count). The minimum Gasteiger partial charge on any atom is -0.0805 e. The standard InChI is InChI=1S/C24H28/c1-16-19-8-5-6-9-22(19)23-20(16)10-7-11-21(23)17-12-14-18(15-13-17)24(2,3)4/h5-16,19-20,22-23H,1-4H3. The van der Waals surface area contributed by atoms with E-state index in [0.717, 1.165) is 5.92 Å². The summed E-state index contributed by atoms with van der Waals surface area (Å²) in [6.45, 7) is 9.27. The SMILES string of the molecule is CC1C2C=CC=CC2C2C(c3ccc(C(C)(C)C)cc3)=CC=CC12. The summed E-state index contributed by atoms with van der Waals surface area (Å²) < 4.78 is 0. The summed E-state index contributed by atoms with van der Waals surface area (Å²) in [4.78, 5) is 0. The Kier molecular flexibility index (Phi) is 3.67. The summed E-state index contributed by atoms with van der Waals surface area (Å²) in [5, 5.41) is 0. The molecule has 3 aliphatic carbocycles. The minimum absolute atomic E-state index is 0.214. The van der Waals surface area contributed by atoms with E-state index in [-0.39, 0.29) is 5.41 Å². The first-order chi connectivity index (χ1) is 11.5. The second-order valence-corrected chi connectivity index (χ2v) is 8.72. The molecule has 0 heterocycles. The lowest BCUT2D eigenvalue weighted by Crippen LogP contribution is -2.19. The third-order valence-electron chi connectivity index (χ3n) is 6.32. The highest BCUT2D eigenvalue weighted by Crippen LogP contribution is 2.55. The van der Waals surface area contributed by atoms with E-state index in [1.54, 1.807) is 0 Å². The van der Waals surface area contributed by atoms with Crippen molar-refractivity contribution in [3.63, 3.8) is 0 Å². The zero-order chi connectivity index (χ0) is 16.9. The van der Waals surface area contributed by atoms with Crippen molar-refractivity contribution < 1.29 is 0 Å². The first kappa shape index (κ1) is 15.7. The Balaban J connectivity index is 1.71. The van der Waals surface area contributed by atoms with Crippen LogP contribution >= 0.6 is 0 Å². The molecule has 24 heavy (non-hydrogen) atoms. The second kappa shape index (κ2) is 5.62. The van der Waals surface area contributed by atoms with E-state index in [1.807, 2.05) is 0 Å². The van der Waals surface area contributed by atoms with Crippen LogP contribution in [0.5, 0.6) is 0 Å². The molecule has 1 saturated carbocycles. The number of allylic oxidation sites excluding steroid dienone is 8. The minimum atomic E-state index is 0.214. The summed E-state index contributed by atoms with van der Waals surface area (Å²) in [6, 6.07) is 9.30. The Morgan fingerprint density at radius 2 is 1.38 bits per heavy atom. The Morgan fingerprint density at radius 1 is 0.750 bits per heavy atom. The van der Waals surface area contributed by atoms with Gasteiger partial charge in [0.05, 0.1) is 0 Å². The number of hydrogen-bond donors (Lipinski definition) is 0. The molecule has 0 radical (unpaired) electrons. The molecular formula is C24H28. The molecule has 5 atom stereocenters. The van der Waals surface area contributed by atoms with Gasteiger partial charge in [-0.25, -0.2) is 0 Å². The molecule has 1 fully saturated rings. The molecule has 0 bridgehead atoms. The van der Waals surface area contributed by atoms with Gasteiger partial charge >= 0.3 is 0 Å². The van der Waals surface area contributed by atoms with E-state index in [4.69, 9.17) is 0 Å². The lowest BCUT2D eigenvalue weighted by atomic mass is 9.75. The summed E-state index contributed by atoms with van der Waals surface area (Å²) in [6.07, 6.45) is 16.5. The van der Waals surface area contributed by atoms with Crippen molar-refractivity contribution in [2.75, 3.05) is 0 Å². The van der Waals surface area contributed by atoms with E-state index in [2.05, 4.69) is 94.5 Å². The maximum absolute atomic E-state index is 2.45. The van der Waals surface area contributed by atoms with Crippen LogP contribution in [-0.4, -0.2) is 0 Å². The quantitative estimate of drug-likeness (QED) is 0.580. The molecule has 1 aromatic carbocycles. The van der Waals surface area contributed by atoms with Crippen LogP contribution in [0.2, 0.25) is 0 Å². The van der Waals surface area contributed by atoms with Gasteiger partial charge < -0.3 is 0 Å². The topological polar surface area (TPSA) is 0 Å². The molecule has 3 aliphatic rings. The number of rotatable bonds is 1. The average molecular weight is 316 g/mol. The zero-order valence-electron chi connectivity index (χ0n) is 15.2. The van der Waals surface area contributed by atoms with E-state index in [9.17, 15) is 0 Å². The van der Waals surface area contributed by atoms with E-state index < -0.39 is 0 Å². The summed E-state index contributed by atoms with van der Waals surface area (Å²) in [7, 11) is 0. The van der Waals surface area contributed by atoms with Gasteiger partial charge in [0, 0.05) is 0 Å². The van der Waals surface area contributed by atoms with Gasteiger partial charge in [0.1, 0.15) is 0 Å². The fraction of sp³-hybridized carbons (Fsp3) is 0.417. The van der Waals surface area contributed by atoms with Gasteiger partial charge in [-0.05, 0) is 51.7 Å². The van der Waals surface area contributed by atoms with Crippen molar-refractivity contribution in [1.29, 1.82) is 0 Å². The van der Waals surface area contributed by atoms with E-state index in [1.165, 1.54) is 16.7 Å². The van der Waals surface area contributed by atoms with Crippen molar-refractivity contribution in [3.8, 4) is 0 Å². The van der Waals surface area contributed by atoms with Gasteiger partial charge in [0.15, 0.2) is 0 Å². The molecule has 0 aliphatic heterocycles. The van der Waals surface area contributed by atoms with Crippen molar-refractivity contribution in [1.82, 2.24) is 0 Å². The van der Waals surface area contributed by atoms with Crippen LogP contribution in [0.25, 0.3) is 5.57 Å². The number of fused-ring (bicyclic) bond motifs is 3. The van der Waals surface area contributed by atoms with Crippen LogP contribution < -0.4 is 0 Å². The normalized spacial score (nSPS) is 34.0. The highest BCUT2D eigenvalue weighted by molar-refractivity contribution is 5.72. The highest BCUT2D eigenvalue weighted by Gasteiger charge is 2.47. The third kappa shape index (κ3) is 2.44. The molecule has 0 saturated heterocycles. The van der Waals surface area contributed by atoms with Crippen molar-refractivity contribution in [2.45, 2.75) is 33.1 Å². The highest BCUT2D eigenvalue weighted by atomic mass is 14.5. The molecule has 5 unspecified atom stereocenters. The Hall–Kier alpha value is -1.82. The van der Waals surface area contributed by atoms with Crippen LogP contribution in [-0.2, 0) is 5.41 Å². The Morgan fingerprint density at radius 3 is 2.04 bits per heavy atom. The van der Waals surface area contributed by atoms with Crippen LogP contribution in [0, 0.1) is 29.6 Å². The monoisotopic (exact) mass is 316 g/mol. The molecule has 0 heteroatoms. The third-order valence-corrected chi connectivity index (χ3v) is 6.32. The van der Waals surface area contributed by atoms with Crippen LogP contribution in [0.15, 0.2) is 66.8 Å². The van der Waals surface area contributed by atoms with Gasteiger partial charge in [-0.1, -0.05) is 94.5 Å². The first-order valence-corrected chi connectivity index (χ1v) is 9.31. The van der Waals surface area contributed by atoms with Gasteiger partial charge in [0.25, 0.3) is 0 Å². The Bertz CT molecular complexity index is 733. The van der Waals surface area contributed by atoms with Crippen molar-refractivity contribution >= 4 is 5.57 Å². The van der Waals surface area contributed by atoms with Crippen LogP contribution in [0.1, 0.15) is 38.8 Å². The summed E-state index contributed by atoms with van der Waals surface area (Å²) >= 11 is 0. The number of benzene rings is 1. The first-order valence-electron chi connectivity index (χ1n) is 9.31. The zero-order valence-corrected chi connectivity index (χ0v) is 15.2. The maximum Gasteiger partial charge on any atom is -0.00214 e. The van der Waals surface area contributed by atoms with Crippen LogP contribution in [0.3, 0.4) is 0 Å². The van der Waals surface area contributed by atoms with Gasteiger partial charge in [0.2, 0.25) is 0 Å². The fourth-order valence-electron chi connectivity index (χ4n) is 4.93. The Labute approximate surface area is 146 Å². The van der Waals surface area contributed by atoms with Crippen LogP contribution in [0.4, 0.5) is 0 Å². The summed E-state index contributed by atoms with van der Waals surface area (Å²) in [5.74, 6) is 3.33. The van der Waals surface area contributed by atoms with Crippen molar-refractivity contribution in [2.24, 2.45) is 29.6 Å². The van der Waals surface area contributed by atoms with Gasteiger partial charge in [-0.3, -0.25) is 0 Å². The summed E-state index contributed by atoms with van der Waals surface area (Å²) in [5.41, 5.74) is 4.56. The lowest BCUT2D eigenvalue weighted by Gasteiger charge is -2.29. The molecule has 0 amide bonds. The predicted octanol–water partition coefficient (Wildman–Crippen LogP) is 6.18. The van der Waals surface area contributed by atoms with Gasteiger partial charge in [-0.15, -0.1) is 0 Å². The smallest absolute Gasteiger partial charge is 0.00214 e. The molecular weight excluding hydrogens is 288 g/mol. The molecule has 0 nitrogen and oxygen atoms in total. The molecule has 0 N–H and O–H groups in total. The molecule has 0 spiro atoms. The maximum atomic E-state index is 2.45. The second-order valence-electron chi connectivity index (χ2n) is 8.72. The van der Waals surface area contributed by atoms with E-state index in [0.29, 0.717) is 23.7 Å².